The molecule has 1 atom stereocenters. The van der Waals surface area contributed by atoms with Crippen molar-refractivity contribution in [2.45, 2.75) is 71.3 Å². The smallest absolute Gasteiger partial charge is 0.252 e. The number of aliphatic hydroxyl groups is 2. The van der Waals surface area contributed by atoms with Gasteiger partial charge < -0.3 is 20.4 Å². The first-order valence-corrected chi connectivity index (χ1v) is 10.9. The van der Waals surface area contributed by atoms with Crippen LogP contribution in [0.2, 0.25) is 5.02 Å². The van der Waals surface area contributed by atoms with Crippen LogP contribution < -0.4 is 5.32 Å². The normalized spacial score (nSPS) is 13.6. The van der Waals surface area contributed by atoms with E-state index in [0.717, 1.165) is 19.3 Å². The van der Waals surface area contributed by atoms with E-state index >= 15 is 0 Å². The summed E-state index contributed by atoms with van der Waals surface area (Å²) in [7, 11) is 0. The number of hydrogen-bond acceptors (Lipinski definition) is 5. The van der Waals surface area contributed by atoms with Crippen LogP contribution in [-0.4, -0.2) is 40.6 Å². The van der Waals surface area contributed by atoms with Gasteiger partial charge >= 0.3 is 0 Å². The van der Waals surface area contributed by atoms with Gasteiger partial charge in [-0.1, -0.05) is 62.5 Å². The number of unbranched alkanes of at least 4 members (excludes halogenated alkanes) is 2. The Balaban J connectivity index is 2.82. The minimum absolute atomic E-state index is 0.0620. The maximum absolute atomic E-state index is 12.7. The van der Waals surface area contributed by atoms with Crippen molar-refractivity contribution in [1.82, 2.24) is 5.32 Å². The van der Waals surface area contributed by atoms with E-state index in [1.807, 2.05) is 6.92 Å². The number of allylic oxidation sites excluding steroid dienone is 1. The Morgan fingerprint density at radius 2 is 2.03 bits per heavy atom. The molecule has 0 aliphatic rings. The van der Waals surface area contributed by atoms with Gasteiger partial charge in [-0.05, 0) is 43.9 Å². The quantitative estimate of drug-likeness (QED) is 0.168. The summed E-state index contributed by atoms with van der Waals surface area (Å²) < 4.78 is 0. The molecule has 30 heavy (non-hydrogen) atoms. The lowest BCUT2D eigenvalue weighted by Gasteiger charge is -2.27. The van der Waals surface area contributed by atoms with Gasteiger partial charge in [-0.2, -0.15) is 0 Å². The van der Waals surface area contributed by atoms with Gasteiger partial charge in [0.05, 0.1) is 21.9 Å². The molecule has 6 nitrogen and oxygen atoms in total. The minimum Gasteiger partial charge on any atom is -0.396 e. The van der Waals surface area contributed by atoms with E-state index in [1.165, 1.54) is 0 Å². The number of hydrogen-bond donors (Lipinski definition) is 3. The molecule has 1 unspecified atom stereocenters. The first-order chi connectivity index (χ1) is 14.3. The second kappa shape index (κ2) is 13.4. The molecule has 0 saturated carbocycles. The van der Waals surface area contributed by atoms with Crippen LogP contribution in [0.25, 0.3) is 0 Å². The molecule has 0 aliphatic heterocycles. The molecule has 0 heterocycles. The second-order valence-corrected chi connectivity index (χ2v) is 7.95. The van der Waals surface area contributed by atoms with Crippen LogP contribution >= 0.6 is 11.6 Å². The highest BCUT2D eigenvalue weighted by Crippen LogP contribution is 2.21. The predicted molar refractivity (Wildman–Crippen MR) is 122 cm³/mol. The van der Waals surface area contributed by atoms with Crippen LogP contribution in [0.3, 0.4) is 0 Å². The van der Waals surface area contributed by atoms with Crippen molar-refractivity contribution in [3.05, 3.63) is 46.7 Å². The Labute approximate surface area is 185 Å². The fourth-order valence-corrected chi connectivity index (χ4v) is 3.07. The van der Waals surface area contributed by atoms with E-state index in [1.54, 1.807) is 25.1 Å². The highest BCUT2D eigenvalue weighted by Gasteiger charge is 2.25. The zero-order valence-electron chi connectivity index (χ0n) is 18.3. The molecule has 0 aromatic heterocycles. The fraction of sp³-hybridized carbons (Fsp3) is 0.565. The lowest BCUT2D eigenvalue weighted by Crippen LogP contribution is -2.42. The number of nitrogens with zero attached hydrogens (tertiary/aromatic N) is 1. The van der Waals surface area contributed by atoms with Crippen molar-refractivity contribution in [3.8, 4) is 0 Å². The van der Waals surface area contributed by atoms with Crippen LogP contribution in [-0.2, 0) is 4.84 Å². The van der Waals surface area contributed by atoms with Crippen molar-refractivity contribution in [1.29, 1.82) is 0 Å². The van der Waals surface area contributed by atoms with Gasteiger partial charge in [-0.3, -0.25) is 4.79 Å². The van der Waals surface area contributed by atoms with Gasteiger partial charge in [-0.15, -0.1) is 0 Å². The average Bonchev–Trinajstić information content (AvgIpc) is 2.74. The molecule has 1 rings (SSSR count). The Hall–Kier alpha value is -1.89. The average molecular weight is 439 g/mol. The first kappa shape index (κ1) is 26.1. The molecule has 0 fully saturated rings. The number of aliphatic hydroxyl groups excluding tert-OH is 1. The third-order valence-electron chi connectivity index (χ3n) is 5.04. The highest BCUT2D eigenvalue weighted by molar-refractivity contribution is 6.34. The second-order valence-electron chi connectivity index (χ2n) is 7.55. The van der Waals surface area contributed by atoms with Crippen molar-refractivity contribution >= 4 is 23.2 Å². The van der Waals surface area contributed by atoms with E-state index in [-0.39, 0.29) is 19.1 Å². The summed E-state index contributed by atoms with van der Waals surface area (Å²) in [6.45, 7) is 9.77. The molecule has 1 amide bonds. The van der Waals surface area contributed by atoms with E-state index < -0.39 is 5.60 Å². The van der Waals surface area contributed by atoms with Crippen LogP contribution in [0.1, 0.15) is 81.6 Å². The number of benzene rings is 1. The summed E-state index contributed by atoms with van der Waals surface area (Å²) in [6, 6.07) is 5.04. The summed E-state index contributed by atoms with van der Waals surface area (Å²) >= 11 is 6.23. The molecule has 1 aromatic carbocycles. The predicted octanol–water partition coefficient (Wildman–Crippen LogP) is 4.82. The van der Waals surface area contributed by atoms with Gasteiger partial charge in [0.2, 0.25) is 0 Å². The van der Waals surface area contributed by atoms with Crippen molar-refractivity contribution in [2.24, 2.45) is 5.16 Å². The first-order valence-electron chi connectivity index (χ1n) is 10.6. The summed E-state index contributed by atoms with van der Waals surface area (Å²) in [5.41, 5.74) is 0.647. The van der Waals surface area contributed by atoms with E-state index in [0.29, 0.717) is 53.3 Å². The third-order valence-corrected chi connectivity index (χ3v) is 5.37. The van der Waals surface area contributed by atoms with Crippen molar-refractivity contribution in [3.63, 3.8) is 0 Å². The highest BCUT2D eigenvalue weighted by atomic mass is 35.5. The number of carbonyl (C=O) groups excluding carboxylic acids is 1. The molecule has 0 saturated heterocycles. The van der Waals surface area contributed by atoms with Gasteiger partial charge in [0.15, 0.2) is 0 Å². The molecular formula is C23H35ClN2O4. The van der Waals surface area contributed by atoms with Gasteiger partial charge in [0.1, 0.15) is 5.76 Å². The summed E-state index contributed by atoms with van der Waals surface area (Å²) in [5, 5.41) is 26.8. The monoisotopic (exact) mass is 438 g/mol. The molecule has 1 aromatic rings. The molecule has 0 radical (unpaired) electrons. The number of nitrogens with one attached hydrogen (secondary N) is 1. The summed E-state index contributed by atoms with van der Waals surface area (Å²) in [5.74, 6) is 0.113. The van der Waals surface area contributed by atoms with Crippen LogP contribution in [0.4, 0.5) is 0 Å². The number of carbonyl (C=O) groups is 1. The number of oxime groups is 1. The minimum atomic E-state index is -0.922. The van der Waals surface area contributed by atoms with Crippen molar-refractivity contribution < 1.29 is 19.8 Å². The number of halogens is 1. The zero-order valence-corrected chi connectivity index (χ0v) is 19.1. The maximum Gasteiger partial charge on any atom is 0.252 e. The molecule has 0 aliphatic carbocycles. The number of rotatable bonds is 14. The summed E-state index contributed by atoms with van der Waals surface area (Å²) in [4.78, 5) is 18.0. The van der Waals surface area contributed by atoms with Crippen molar-refractivity contribution in [2.75, 3.05) is 13.2 Å². The van der Waals surface area contributed by atoms with E-state index in [2.05, 4.69) is 24.0 Å². The van der Waals surface area contributed by atoms with Crippen LogP contribution in [0.5, 0.6) is 0 Å². The van der Waals surface area contributed by atoms with Crippen LogP contribution in [0.15, 0.2) is 35.7 Å². The Morgan fingerprint density at radius 3 is 2.67 bits per heavy atom. The summed E-state index contributed by atoms with van der Waals surface area (Å²) in [6.07, 6.45) is 5.33. The van der Waals surface area contributed by atoms with Gasteiger partial charge in [0, 0.05) is 19.6 Å². The number of amides is 1. The molecule has 7 heteroatoms. The molecule has 0 bridgehead atoms. The fourth-order valence-electron chi connectivity index (χ4n) is 2.87. The lowest BCUT2D eigenvalue weighted by atomic mass is 9.93. The molecular weight excluding hydrogens is 404 g/mol. The SMILES string of the molecule is C=C(CCCO)O/N=C(\C)c1ccc(Cl)c(C(=O)NCC(O)(CC)CCCCC)c1. The van der Waals surface area contributed by atoms with E-state index in [9.17, 15) is 9.90 Å². The Bertz CT molecular complexity index is 736. The third kappa shape index (κ3) is 8.86. The Kier molecular flexibility index (Phi) is 11.7. The molecule has 0 spiro atoms. The molecule has 3 N–H and O–H groups in total. The largest absolute Gasteiger partial charge is 0.396 e. The molecule has 168 valence electrons. The maximum atomic E-state index is 12.7. The standard InChI is InChI=1S/C23H35ClN2O4/c1-5-7-8-13-23(29,6-2)16-25-22(28)20-15-19(11-12-21(20)24)18(4)26-30-17(3)10-9-14-27/h11-12,15,27,29H,3,5-10,13-14,16H2,1-2,4H3,(H,25,28)/b26-18+. The van der Waals surface area contributed by atoms with Gasteiger partial charge in [0.25, 0.3) is 5.91 Å². The van der Waals surface area contributed by atoms with Gasteiger partial charge in [-0.25, -0.2) is 0 Å². The topological polar surface area (TPSA) is 91.2 Å². The Morgan fingerprint density at radius 1 is 1.30 bits per heavy atom. The zero-order chi connectivity index (χ0) is 22.6. The van der Waals surface area contributed by atoms with E-state index in [4.69, 9.17) is 21.5 Å². The van der Waals surface area contributed by atoms with Crippen LogP contribution in [0, 0.1) is 0 Å². The lowest BCUT2D eigenvalue weighted by molar-refractivity contribution is 0.0247.